The minimum atomic E-state index is -0.00466. The van der Waals surface area contributed by atoms with Crippen molar-refractivity contribution < 1.29 is 14.3 Å². The first-order valence-corrected chi connectivity index (χ1v) is 9.87. The Morgan fingerprint density at radius 1 is 1.27 bits per heavy atom. The Hall–Kier alpha value is -1.71. The molecule has 4 unspecified atom stereocenters. The fourth-order valence-corrected chi connectivity index (χ4v) is 3.35. The standard InChI is InChI=1S/C23H30O3/c1-4-16(2)22-23(26-22)25-15-14-17(3)18-10-12-20(13-11-18)21(24)19-8-6-5-7-9-19/h5-6,8,10-13,16-17,22-23H,4,7,9,14-15H2,1-3H3. The summed E-state index contributed by atoms with van der Waals surface area (Å²) < 4.78 is 11.4. The number of ether oxygens (including phenoxy) is 2. The zero-order valence-corrected chi connectivity index (χ0v) is 16.1. The molecule has 26 heavy (non-hydrogen) atoms. The fourth-order valence-electron chi connectivity index (χ4n) is 3.35. The first-order chi connectivity index (χ1) is 12.6. The van der Waals surface area contributed by atoms with Crippen LogP contribution in [0.1, 0.15) is 68.3 Å². The molecule has 3 heteroatoms. The van der Waals surface area contributed by atoms with Crippen LogP contribution in [0.5, 0.6) is 0 Å². The van der Waals surface area contributed by atoms with Crippen molar-refractivity contribution in [3.05, 3.63) is 59.2 Å². The predicted octanol–water partition coefficient (Wildman–Crippen LogP) is 5.43. The Labute approximate surface area is 157 Å². The summed E-state index contributed by atoms with van der Waals surface area (Å²) in [6.45, 7) is 7.30. The number of Topliss-reactive ketones (excluding diaryl/α,β-unsaturated/α-hetero) is 1. The van der Waals surface area contributed by atoms with Crippen LogP contribution in [-0.4, -0.2) is 24.8 Å². The topological polar surface area (TPSA) is 38.8 Å². The SMILES string of the molecule is CCC(C)C1OC1OCCC(C)c1ccc(C(=O)C2=CC=CCC2)cc1. The van der Waals surface area contributed by atoms with Gasteiger partial charge in [-0.2, -0.15) is 0 Å². The van der Waals surface area contributed by atoms with Crippen molar-refractivity contribution in [1.29, 1.82) is 0 Å². The van der Waals surface area contributed by atoms with Gasteiger partial charge in [0.15, 0.2) is 12.1 Å². The Morgan fingerprint density at radius 2 is 2.04 bits per heavy atom. The van der Waals surface area contributed by atoms with E-state index in [1.165, 1.54) is 5.56 Å². The summed E-state index contributed by atoms with van der Waals surface area (Å²) in [4.78, 5) is 12.5. The van der Waals surface area contributed by atoms with E-state index in [-0.39, 0.29) is 18.2 Å². The molecule has 0 radical (unpaired) electrons. The lowest BCUT2D eigenvalue weighted by molar-refractivity contribution is 0.0466. The molecular formula is C23H30O3. The average Bonchev–Trinajstić information content (AvgIpc) is 3.47. The van der Waals surface area contributed by atoms with Crippen LogP contribution in [0.3, 0.4) is 0 Å². The molecule has 0 saturated carbocycles. The maximum atomic E-state index is 12.5. The van der Waals surface area contributed by atoms with Gasteiger partial charge in [-0.1, -0.05) is 69.7 Å². The molecule has 1 fully saturated rings. The van der Waals surface area contributed by atoms with Gasteiger partial charge in [-0.05, 0) is 36.7 Å². The maximum absolute atomic E-state index is 12.5. The number of ketones is 1. The number of carbonyl (C=O) groups excluding carboxylic acids is 1. The third kappa shape index (κ3) is 4.72. The predicted molar refractivity (Wildman–Crippen MR) is 104 cm³/mol. The molecule has 0 amide bonds. The Balaban J connectivity index is 1.46. The third-order valence-electron chi connectivity index (χ3n) is 5.57. The van der Waals surface area contributed by atoms with Crippen LogP contribution in [0.4, 0.5) is 0 Å². The van der Waals surface area contributed by atoms with Gasteiger partial charge < -0.3 is 9.47 Å². The van der Waals surface area contributed by atoms with Crippen LogP contribution in [-0.2, 0) is 9.47 Å². The quantitative estimate of drug-likeness (QED) is 0.438. The molecule has 0 spiro atoms. The molecule has 1 aliphatic carbocycles. The highest BCUT2D eigenvalue weighted by atomic mass is 16.8. The van der Waals surface area contributed by atoms with E-state index in [4.69, 9.17) is 9.47 Å². The van der Waals surface area contributed by atoms with Gasteiger partial charge in [-0.3, -0.25) is 4.79 Å². The molecule has 1 aromatic carbocycles. The first kappa shape index (κ1) is 19.1. The van der Waals surface area contributed by atoms with E-state index in [0.29, 0.717) is 18.4 Å². The van der Waals surface area contributed by atoms with Crippen LogP contribution in [0.2, 0.25) is 0 Å². The van der Waals surface area contributed by atoms with Crippen LogP contribution < -0.4 is 0 Å². The minimum Gasteiger partial charge on any atom is -0.350 e. The van der Waals surface area contributed by atoms with Gasteiger partial charge in [0, 0.05) is 11.1 Å². The summed E-state index contributed by atoms with van der Waals surface area (Å²) >= 11 is 0. The van der Waals surface area contributed by atoms with Crippen molar-refractivity contribution in [3.63, 3.8) is 0 Å². The van der Waals surface area contributed by atoms with E-state index in [2.05, 4.69) is 39.0 Å². The molecule has 1 saturated heterocycles. The molecule has 3 nitrogen and oxygen atoms in total. The summed E-state index contributed by atoms with van der Waals surface area (Å²) in [7, 11) is 0. The molecule has 0 aromatic heterocycles. The van der Waals surface area contributed by atoms with Gasteiger partial charge in [-0.15, -0.1) is 0 Å². The van der Waals surface area contributed by atoms with E-state index in [1.807, 2.05) is 24.3 Å². The number of epoxide rings is 1. The maximum Gasteiger partial charge on any atom is 0.189 e. The molecule has 2 aliphatic rings. The summed E-state index contributed by atoms with van der Waals surface area (Å²) in [5.41, 5.74) is 2.93. The summed E-state index contributed by atoms with van der Waals surface area (Å²) in [5, 5.41) is 0. The second-order valence-electron chi connectivity index (χ2n) is 7.52. The van der Waals surface area contributed by atoms with Crippen molar-refractivity contribution in [2.24, 2.45) is 5.92 Å². The van der Waals surface area contributed by atoms with Crippen LogP contribution in [0.15, 0.2) is 48.1 Å². The van der Waals surface area contributed by atoms with E-state index in [9.17, 15) is 4.79 Å². The third-order valence-corrected chi connectivity index (χ3v) is 5.57. The highest BCUT2D eigenvalue weighted by molar-refractivity contribution is 6.09. The number of rotatable bonds is 9. The Morgan fingerprint density at radius 3 is 2.69 bits per heavy atom. The number of carbonyl (C=O) groups is 1. The minimum absolute atomic E-state index is 0.00466. The van der Waals surface area contributed by atoms with Gasteiger partial charge in [0.05, 0.1) is 6.61 Å². The molecule has 3 rings (SSSR count). The van der Waals surface area contributed by atoms with E-state index < -0.39 is 0 Å². The van der Waals surface area contributed by atoms with Crippen molar-refractivity contribution in [2.75, 3.05) is 6.61 Å². The highest BCUT2D eigenvalue weighted by Gasteiger charge is 2.43. The first-order valence-electron chi connectivity index (χ1n) is 9.87. The number of allylic oxidation sites excluding steroid dienone is 4. The average molecular weight is 354 g/mol. The van der Waals surface area contributed by atoms with Crippen LogP contribution in [0, 0.1) is 5.92 Å². The van der Waals surface area contributed by atoms with Crippen molar-refractivity contribution in [2.45, 2.75) is 64.8 Å². The second kappa shape index (κ2) is 8.79. The normalized spacial score (nSPS) is 24.0. The van der Waals surface area contributed by atoms with Gasteiger partial charge in [0.2, 0.25) is 0 Å². The van der Waals surface area contributed by atoms with E-state index >= 15 is 0 Å². The van der Waals surface area contributed by atoms with Crippen LogP contribution >= 0.6 is 0 Å². The van der Waals surface area contributed by atoms with Gasteiger partial charge in [-0.25, -0.2) is 0 Å². The largest absolute Gasteiger partial charge is 0.350 e. The zero-order valence-electron chi connectivity index (χ0n) is 16.1. The van der Waals surface area contributed by atoms with Gasteiger partial charge in [0.1, 0.15) is 6.10 Å². The lowest BCUT2D eigenvalue weighted by Crippen LogP contribution is -2.10. The van der Waals surface area contributed by atoms with Gasteiger partial charge in [0.25, 0.3) is 0 Å². The van der Waals surface area contributed by atoms with Crippen molar-refractivity contribution in [1.82, 2.24) is 0 Å². The molecule has 0 N–H and O–H groups in total. The Bertz CT molecular complexity index is 671. The second-order valence-corrected chi connectivity index (χ2v) is 7.52. The number of benzene rings is 1. The number of hydrogen-bond acceptors (Lipinski definition) is 3. The molecule has 1 aromatic rings. The Kier molecular flexibility index (Phi) is 6.44. The summed E-state index contributed by atoms with van der Waals surface area (Å²) in [5.74, 6) is 1.12. The molecule has 140 valence electrons. The lowest BCUT2D eigenvalue weighted by Gasteiger charge is -2.13. The van der Waals surface area contributed by atoms with E-state index in [0.717, 1.165) is 36.8 Å². The summed E-state index contributed by atoms with van der Waals surface area (Å²) in [6, 6.07) is 8.06. The van der Waals surface area contributed by atoms with Crippen molar-refractivity contribution >= 4 is 5.78 Å². The van der Waals surface area contributed by atoms with E-state index in [1.54, 1.807) is 0 Å². The summed E-state index contributed by atoms with van der Waals surface area (Å²) in [6.07, 6.45) is 10.2. The number of hydrogen-bond donors (Lipinski definition) is 0. The molecule has 1 aliphatic heterocycles. The van der Waals surface area contributed by atoms with Crippen LogP contribution in [0.25, 0.3) is 0 Å². The van der Waals surface area contributed by atoms with Crippen molar-refractivity contribution in [3.8, 4) is 0 Å². The smallest absolute Gasteiger partial charge is 0.189 e. The monoisotopic (exact) mass is 354 g/mol. The molecule has 4 atom stereocenters. The molecule has 1 heterocycles. The zero-order chi connectivity index (χ0) is 18.5. The lowest BCUT2D eigenvalue weighted by atomic mass is 9.93. The fraction of sp³-hybridized carbons (Fsp3) is 0.522. The molecular weight excluding hydrogens is 324 g/mol. The highest BCUT2D eigenvalue weighted by Crippen LogP contribution is 2.32. The molecule has 0 bridgehead atoms. The van der Waals surface area contributed by atoms with Gasteiger partial charge >= 0.3 is 0 Å².